The zero-order valence-electron chi connectivity index (χ0n) is 16.4. The number of methoxy groups -OCH3 is 1. The van der Waals surface area contributed by atoms with Gasteiger partial charge in [-0.25, -0.2) is 0 Å². The highest BCUT2D eigenvalue weighted by atomic mass is 32.2. The molecule has 160 valence electrons. The monoisotopic (exact) mass is 430 g/mol. The molecular formula is C20H25F3N2O3S. The number of benzene rings is 1. The van der Waals surface area contributed by atoms with E-state index in [2.05, 4.69) is 10.2 Å². The Kier molecular flexibility index (Phi) is 5.74. The lowest BCUT2D eigenvalue weighted by Gasteiger charge is -2.39. The maximum absolute atomic E-state index is 13.2. The summed E-state index contributed by atoms with van der Waals surface area (Å²) in [5.74, 6) is 0.289. The first kappa shape index (κ1) is 20.8. The lowest BCUT2D eigenvalue weighted by Crippen LogP contribution is -2.56. The molecule has 1 aromatic carbocycles. The molecule has 3 aliphatic rings. The molecule has 5 nitrogen and oxygen atoms in total. The van der Waals surface area contributed by atoms with Crippen LogP contribution >= 0.6 is 11.8 Å². The van der Waals surface area contributed by atoms with Gasteiger partial charge < -0.3 is 14.8 Å². The van der Waals surface area contributed by atoms with Crippen molar-refractivity contribution in [2.45, 2.75) is 48.5 Å². The van der Waals surface area contributed by atoms with Gasteiger partial charge in [0.05, 0.1) is 30.9 Å². The molecule has 0 aromatic heterocycles. The highest BCUT2D eigenvalue weighted by molar-refractivity contribution is 7.98. The highest BCUT2D eigenvalue weighted by Gasteiger charge is 2.50. The maximum atomic E-state index is 13.2. The van der Waals surface area contributed by atoms with Crippen LogP contribution in [0.25, 0.3) is 0 Å². The molecule has 2 heterocycles. The number of rotatable bonds is 5. The molecule has 2 unspecified atom stereocenters. The zero-order chi connectivity index (χ0) is 20.8. The van der Waals surface area contributed by atoms with Crippen molar-refractivity contribution < 1.29 is 27.4 Å². The largest absolute Gasteiger partial charge is 0.496 e. The van der Waals surface area contributed by atoms with E-state index in [-0.39, 0.29) is 28.3 Å². The number of amides is 1. The van der Waals surface area contributed by atoms with Crippen LogP contribution < -0.4 is 10.1 Å². The Labute approximate surface area is 172 Å². The van der Waals surface area contributed by atoms with E-state index in [0.29, 0.717) is 19.3 Å². The Morgan fingerprint density at radius 2 is 2.10 bits per heavy atom. The Balaban J connectivity index is 1.58. The third kappa shape index (κ3) is 4.09. The second kappa shape index (κ2) is 8.00. The molecule has 1 N–H and O–H groups in total. The summed E-state index contributed by atoms with van der Waals surface area (Å²) in [6.45, 7) is 2.10. The van der Waals surface area contributed by atoms with Crippen molar-refractivity contribution in [3.05, 3.63) is 23.3 Å². The van der Waals surface area contributed by atoms with Gasteiger partial charge in [-0.3, -0.25) is 9.69 Å². The van der Waals surface area contributed by atoms with E-state index in [0.717, 1.165) is 42.8 Å². The number of carbonyl (C=O) groups is 1. The highest BCUT2D eigenvalue weighted by Crippen LogP contribution is 2.46. The molecule has 1 aromatic rings. The summed E-state index contributed by atoms with van der Waals surface area (Å²) in [6, 6.07) is 2.51. The first-order valence-corrected chi connectivity index (χ1v) is 11.0. The van der Waals surface area contributed by atoms with Crippen molar-refractivity contribution in [3.63, 3.8) is 0 Å². The molecular weight excluding hydrogens is 405 g/mol. The summed E-state index contributed by atoms with van der Waals surface area (Å²) in [4.78, 5) is 15.9. The van der Waals surface area contributed by atoms with E-state index in [9.17, 15) is 18.0 Å². The quantitative estimate of drug-likeness (QED) is 0.726. The molecule has 2 saturated heterocycles. The van der Waals surface area contributed by atoms with Crippen molar-refractivity contribution in [2.24, 2.45) is 5.92 Å². The molecule has 0 spiro atoms. The van der Waals surface area contributed by atoms with Crippen molar-refractivity contribution in [1.82, 2.24) is 10.2 Å². The number of alkyl halides is 3. The van der Waals surface area contributed by atoms with Gasteiger partial charge in [0.2, 0.25) is 0 Å². The molecule has 9 heteroatoms. The molecule has 4 atom stereocenters. The van der Waals surface area contributed by atoms with Crippen LogP contribution in [0, 0.1) is 5.92 Å². The van der Waals surface area contributed by atoms with E-state index >= 15 is 0 Å². The maximum Gasteiger partial charge on any atom is 0.416 e. The standard InChI is InChI=1S/C20H25F3N2O3S/c1-27-16-8-12(20(21,22)23)9-17(29-2)18(16)19(26)24-13-10-28-6-4-14(13)25-5-3-11-7-15(11)25/h8-9,11,13-15H,3-7,10H2,1-2H3,(H,24,26)/t11?,13-,14+,15?/m0/s1. The summed E-state index contributed by atoms with van der Waals surface area (Å²) in [5.41, 5.74) is -0.686. The van der Waals surface area contributed by atoms with Crippen molar-refractivity contribution in [3.8, 4) is 5.75 Å². The van der Waals surface area contributed by atoms with Gasteiger partial charge in [-0.2, -0.15) is 13.2 Å². The van der Waals surface area contributed by atoms with Crippen molar-refractivity contribution >= 4 is 17.7 Å². The Morgan fingerprint density at radius 3 is 2.69 bits per heavy atom. The topological polar surface area (TPSA) is 50.8 Å². The fraction of sp³-hybridized carbons (Fsp3) is 0.650. The van der Waals surface area contributed by atoms with Gasteiger partial charge in [0, 0.05) is 23.6 Å². The van der Waals surface area contributed by atoms with E-state index in [4.69, 9.17) is 9.47 Å². The zero-order valence-corrected chi connectivity index (χ0v) is 17.2. The number of likely N-dealkylation sites (tertiary alicyclic amines) is 1. The first-order valence-electron chi connectivity index (χ1n) is 9.81. The number of nitrogens with zero attached hydrogens (tertiary/aromatic N) is 1. The normalized spacial score (nSPS) is 29.4. The van der Waals surface area contributed by atoms with E-state index in [1.807, 2.05) is 0 Å². The molecule has 1 aliphatic carbocycles. The number of thioether (sulfide) groups is 1. The van der Waals surface area contributed by atoms with Crippen LogP contribution in [0.5, 0.6) is 5.75 Å². The molecule has 3 fully saturated rings. The molecule has 2 aliphatic heterocycles. The van der Waals surface area contributed by atoms with E-state index in [1.54, 1.807) is 6.26 Å². The second-order valence-corrected chi connectivity index (χ2v) is 8.70. The van der Waals surface area contributed by atoms with Gasteiger partial charge >= 0.3 is 6.18 Å². The number of halogens is 3. The van der Waals surface area contributed by atoms with Gasteiger partial charge in [0.25, 0.3) is 5.91 Å². The molecule has 4 rings (SSSR count). The minimum Gasteiger partial charge on any atom is -0.496 e. The Morgan fingerprint density at radius 1 is 1.31 bits per heavy atom. The van der Waals surface area contributed by atoms with Crippen LogP contribution in [0.3, 0.4) is 0 Å². The fourth-order valence-corrected chi connectivity index (χ4v) is 5.28. The second-order valence-electron chi connectivity index (χ2n) is 7.85. The molecule has 1 amide bonds. The van der Waals surface area contributed by atoms with Gasteiger partial charge in [0.1, 0.15) is 5.75 Å². The van der Waals surface area contributed by atoms with Crippen LogP contribution in [0.4, 0.5) is 13.2 Å². The molecule has 0 radical (unpaired) electrons. The summed E-state index contributed by atoms with van der Waals surface area (Å²) in [5, 5.41) is 3.03. The first-order chi connectivity index (χ1) is 13.8. The van der Waals surface area contributed by atoms with Gasteiger partial charge in [0.15, 0.2) is 0 Å². The van der Waals surface area contributed by atoms with Gasteiger partial charge in [-0.05, 0) is 50.1 Å². The van der Waals surface area contributed by atoms with Gasteiger partial charge in [-0.1, -0.05) is 0 Å². The average molecular weight is 430 g/mol. The van der Waals surface area contributed by atoms with Crippen LogP contribution in [-0.2, 0) is 10.9 Å². The Hall–Kier alpha value is -1.45. The van der Waals surface area contributed by atoms with Gasteiger partial charge in [-0.15, -0.1) is 11.8 Å². The minimum atomic E-state index is -4.51. The third-order valence-corrected chi connectivity index (χ3v) is 6.95. The number of ether oxygens (including phenoxy) is 2. The summed E-state index contributed by atoms with van der Waals surface area (Å²) in [6.07, 6.45) is 0.405. The Bertz CT molecular complexity index is 764. The number of piperidine rings is 1. The summed E-state index contributed by atoms with van der Waals surface area (Å²) in [7, 11) is 1.28. The summed E-state index contributed by atoms with van der Waals surface area (Å²) < 4.78 is 50.4. The minimum absolute atomic E-state index is 0.0709. The average Bonchev–Trinajstić information content (AvgIpc) is 3.36. The number of carbonyl (C=O) groups excluding carboxylic acids is 1. The lowest BCUT2D eigenvalue weighted by atomic mass is 10.0. The van der Waals surface area contributed by atoms with Crippen LogP contribution in [0.15, 0.2) is 17.0 Å². The predicted octanol–water partition coefficient (Wildman–Crippen LogP) is 3.42. The number of hydrogen-bond acceptors (Lipinski definition) is 5. The SMILES string of the molecule is COc1cc(C(F)(F)F)cc(SC)c1C(=O)N[C@H]1COCC[C@H]1N1CCC2CC21. The van der Waals surface area contributed by atoms with Crippen LogP contribution in [-0.4, -0.2) is 62.1 Å². The summed E-state index contributed by atoms with van der Waals surface area (Å²) >= 11 is 1.10. The van der Waals surface area contributed by atoms with E-state index in [1.165, 1.54) is 20.0 Å². The number of fused-ring (bicyclic) bond motifs is 1. The number of nitrogens with one attached hydrogen (secondary N) is 1. The van der Waals surface area contributed by atoms with E-state index < -0.39 is 17.6 Å². The lowest BCUT2D eigenvalue weighted by molar-refractivity contribution is -0.137. The van der Waals surface area contributed by atoms with Crippen molar-refractivity contribution in [1.29, 1.82) is 0 Å². The number of hydrogen-bond donors (Lipinski definition) is 1. The third-order valence-electron chi connectivity index (χ3n) is 6.19. The molecule has 0 bridgehead atoms. The molecule has 1 saturated carbocycles. The van der Waals surface area contributed by atoms with Crippen molar-refractivity contribution in [2.75, 3.05) is 33.1 Å². The smallest absolute Gasteiger partial charge is 0.416 e. The van der Waals surface area contributed by atoms with Crippen LogP contribution in [0.1, 0.15) is 35.2 Å². The van der Waals surface area contributed by atoms with Crippen LogP contribution in [0.2, 0.25) is 0 Å². The molecule has 29 heavy (non-hydrogen) atoms. The fourth-order valence-electron chi connectivity index (χ4n) is 4.64. The predicted molar refractivity (Wildman–Crippen MR) is 103 cm³/mol.